The maximum absolute atomic E-state index is 11.8. The second kappa shape index (κ2) is 11.8. The molecule has 0 fully saturated rings. The zero-order valence-corrected chi connectivity index (χ0v) is 22.1. The van der Waals surface area contributed by atoms with Crippen molar-refractivity contribution in [1.29, 1.82) is 5.26 Å². The molecule has 10 nitrogen and oxygen atoms in total. The minimum atomic E-state index is -0.234. The van der Waals surface area contributed by atoms with Gasteiger partial charge >= 0.3 is 0 Å². The average molecular weight is 524 g/mol. The average Bonchev–Trinajstić information content (AvgIpc) is 2.91. The predicted octanol–water partition coefficient (Wildman–Crippen LogP) is 5.26. The lowest BCUT2D eigenvalue weighted by atomic mass is 10.1. The van der Waals surface area contributed by atoms with Gasteiger partial charge in [0.15, 0.2) is 5.49 Å². The molecular weight excluding hydrogens is 494 g/mol. The van der Waals surface area contributed by atoms with Gasteiger partial charge in [-0.25, -0.2) is 4.99 Å². The zero-order valence-electron chi connectivity index (χ0n) is 22.1. The molecule has 4 rings (SSSR count). The number of hydrogen-bond donors (Lipinski definition) is 3. The van der Waals surface area contributed by atoms with Crippen LogP contribution in [0.25, 0.3) is 10.9 Å². The van der Waals surface area contributed by atoms with Crippen molar-refractivity contribution in [2.75, 3.05) is 23.1 Å². The van der Waals surface area contributed by atoms with E-state index >= 15 is 0 Å². The van der Waals surface area contributed by atoms with Crippen LogP contribution < -0.4 is 31.4 Å². The highest BCUT2D eigenvalue weighted by Gasteiger charge is 2.15. The van der Waals surface area contributed by atoms with Crippen LogP contribution in [-0.2, 0) is 4.79 Å². The number of fused-ring (bicyclic) bond motifs is 1. The molecule has 2 aromatic carbocycles. The first-order chi connectivity index (χ1) is 18.8. The van der Waals surface area contributed by atoms with Gasteiger partial charge in [-0.2, -0.15) is 5.26 Å². The van der Waals surface area contributed by atoms with Crippen LogP contribution in [-0.4, -0.2) is 22.2 Å². The number of allylic oxidation sites excluding steroid dienone is 1. The Morgan fingerprint density at radius 3 is 2.74 bits per heavy atom. The number of anilines is 3. The number of nitrogens with two attached hydrogens (primary N) is 1. The third-order valence-corrected chi connectivity index (χ3v) is 5.66. The van der Waals surface area contributed by atoms with E-state index in [0.717, 1.165) is 11.3 Å². The number of pyridine rings is 2. The lowest BCUT2D eigenvalue weighted by Crippen LogP contribution is -2.26. The molecule has 0 spiro atoms. The molecule has 0 aliphatic rings. The number of nitrogen functional groups attached to an aromatic ring is 1. The van der Waals surface area contributed by atoms with Gasteiger partial charge in [-0.15, -0.1) is 0 Å². The molecule has 10 heteroatoms. The van der Waals surface area contributed by atoms with Crippen LogP contribution in [0.3, 0.4) is 0 Å². The van der Waals surface area contributed by atoms with Crippen LogP contribution in [0.15, 0.2) is 72.1 Å². The fraction of sp³-hybridized carbons (Fsp3) is 0.172. The van der Waals surface area contributed by atoms with Crippen LogP contribution in [0.5, 0.6) is 17.2 Å². The van der Waals surface area contributed by atoms with Crippen molar-refractivity contribution in [3.8, 4) is 23.3 Å². The third-order valence-electron chi connectivity index (χ3n) is 5.66. The number of benzene rings is 2. The number of carbonyl (C=O) groups excluding carboxylic acids is 1. The molecule has 39 heavy (non-hydrogen) atoms. The van der Waals surface area contributed by atoms with E-state index in [4.69, 9.17) is 15.3 Å². The Labute approximate surface area is 226 Å². The number of aromatic nitrogens is 2. The maximum atomic E-state index is 11.8. The number of hydrogen-bond acceptors (Lipinski definition) is 8. The highest BCUT2D eigenvalue weighted by molar-refractivity contribution is 6.01. The van der Waals surface area contributed by atoms with Gasteiger partial charge in [-0.05, 0) is 56.7 Å². The predicted molar refractivity (Wildman–Crippen MR) is 151 cm³/mol. The van der Waals surface area contributed by atoms with Crippen molar-refractivity contribution in [2.24, 2.45) is 4.99 Å². The molecule has 0 saturated carbocycles. The molecule has 2 heterocycles. The summed E-state index contributed by atoms with van der Waals surface area (Å²) in [6, 6.07) is 14.8. The SMILES string of the molecule is C/C=C/N=c1cc(Oc2ccc(Nc3c(C#N)cnc4cc(OCC)c(NC(C)=O)cc34)cc2C)ccn1N. The first kappa shape index (κ1) is 26.8. The largest absolute Gasteiger partial charge is 0.492 e. The van der Waals surface area contributed by atoms with Crippen molar-refractivity contribution in [3.63, 3.8) is 0 Å². The van der Waals surface area contributed by atoms with Crippen LogP contribution in [0.1, 0.15) is 31.9 Å². The summed E-state index contributed by atoms with van der Waals surface area (Å²) in [5, 5.41) is 16.6. The third kappa shape index (κ3) is 6.17. The number of rotatable bonds is 8. The van der Waals surface area contributed by atoms with Gasteiger partial charge in [0.2, 0.25) is 5.91 Å². The normalized spacial score (nSPS) is 11.4. The van der Waals surface area contributed by atoms with Gasteiger partial charge in [-0.3, -0.25) is 14.5 Å². The van der Waals surface area contributed by atoms with E-state index in [9.17, 15) is 10.1 Å². The van der Waals surface area contributed by atoms with E-state index < -0.39 is 0 Å². The molecule has 0 aliphatic carbocycles. The highest BCUT2D eigenvalue weighted by Crippen LogP contribution is 2.37. The lowest BCUT2D eigenvalue weighted by Gasteiger charge is -2.16. The second-order valence-electron chi connectivity index (χ2n) is 8.59. The van der Waals surface area contributed by atoms with Crippen molar-refractivity contribution in [2.45, 2.75) is 27.7 Å². The number of aryl methyl sites for hydroxylation is 1. The summed E-state index contributed by atoms with van der Waals surface area (Å²) in [4.78, 5) is 20.5. The summed E-state index contributed by atoms with van der Waals surface area (Å²) < 4.78 is 13.2. The number of nitrogens with one attached hydrogen (secondary N) is 2. The lowest BCUT2D eigenvalue weighted by molar-refractivity contribution is -0.114. The molecule has 0 bridgehead atoms. The van der Waals surface area contributed by atoms with Crippen LogP contribution in [0.2, 0.25) is 0 Å². The van der Waals surface area contributed by atoms with Gasteiger partial charge in [-0.1, -0.05) is 6.08 Å². The molecule has 198 valence electrons. The standard InChI is InChI=1S/C29H29N7O3/c1-5-10-32-28-13-22(9-11-36(28)31)39-26-8-7-21(12-18(26)3)35-29-20(16-30)17-33-24-15-27(38-6-2)25(14-23(24)29)34-19(4)37/h5,7-15,17H,6,31H2,1-4H3,(H,33,35)(H,34,37)/b10-5+,32-28?. The fourth-order valence-electron chi connectivity index (χ4n) is 3.91. The molecule has 4 N–H and O–H groups in total. The number of nitriles is 1. The van der Waals surface area contributed by atoms with Gasteiger partial charge < -0.3 is 25.9 Å². The molecule has 0 radical (unpaired) electrons. The van der Waals surface area contributed by atoms with Crippen LogP contribution in [0.4, 0.5) is 17.1 Å². The topological polar surface area (TPSA) is 140 Å². The number of nitrogens with zero attached hydrogens (tertiary/aromatic N) is 4. The minimum absolute atomic E-state index is 0.234. The van der Waals surface area contributed by atoms with E-state index in [-0.39, 0.29) is 5.91 Å². The van der Waals surface area contributed by atoms with Gasteiger partial charge in [0.1, 0.15) is 23.3 Å². The molecular formula is C29H29N7O3. The smallest absolute Gasteiger partial charge is 0.221 e. The first-order valence-electron chi connectivity index (χ1n) is 12.3. The van der Waals surface area contributed by atoms with E-state index in [1.54, 1.807) is 36.7 Å². The van der Waals surface area contributed by atoms with Crippen molar-refractivity contribution >= 4 is 33.9 Å². The maximum Gasteiger partial charge on any atom is 0.221 e. The summed E-state index contributed by atoms with van der Waals surface area (Å²) in [6.45, 7) is 7.51. The Morgan fingerprint density at radius 1 is 1.23 bits per heavy atom. The second-order valence-corrected chi connectivity index (χ2v) is 8.59. The fourth-order valence-corrected chi connectivity index (χ4v) is 3.91. The Morgan fingerprint density at radius 2 is 2.05 bits per heavy atom. The Hall–Kier alpha value is -5.30. The summed E-state index contributed by atoms with van der Waals surface area (Å²) in [5.41, 5.74) is 4.19. The monoisotopic (exact) mass is 523 g/mol. The molecule has 0 unspecified atom stereocenters. The van der Waals surface area contributed by atoms with Crippen LogP contribution >= 0.6 is 0 Å². The summed E-state index contributed by atoms with van der Waals surface area (Å²) in [6.07, 6.45) is 6.65. The summed E-state index contributed by atoms with van der Waals surface area (Å²) in [7, 11) is 0. The Balaban J connectivity index is 1.69. The van der Waals surface area contributed by atoms with Gasteiger partial charge in [0.25, 0.3) is 0 Å². The summed E-state index contributed by atoms with van der Waals surface area (Å²) >= 11 is 0. The quantitative estimate of drug-likeness (QED) is 0.268. The molecule has 1 amide bonds. The van der Waals surface area contributed by atoms with E-state index in [1.165, 1.54) is 17.8 Å². The zero-order chi connectivity index (χ0) is 27.9. The molecule has 4 aromatic rings. The van der Waals surface area contributed by atoms with E-state index in [0.29, 0.717) is 57.2 Å². The number of amides is 1. The van der Waals surface area contributed by atoms with E-state index in [2.05, 4.69) is 26.7 Å². The Bertz CT molecular complexity index is 1680. The van der Waals surface area contributed by atoms with Crippen molar-refractivity contribution in [1.82, 2.24) is 9.66 Å². The highest BCUT2D eigenvalue weighted by atomic mass is 16.5. The molecule has 2 aromatic heterocycles. The number of carbonyl (C=O) groups is 1. The molecule has 0 atom stereocenters. The van der Waals surface area contributed by atoms with Crippen molar-refractivity contribution in [3.05, 3.63) is 83.7 Å². The molecule has 0 aliphatic heterocycles. The van der Waals surface area contributed by atoms with Crippen LogP contribution in [0, 0.1) is 18.3 Å². The number of ether oxygens (including phenoxy) is 2. The van der Waals surface area contributed by atoms with Gasteiger partial charge in [0, 0.05) is 48.7 Å². The molecule has 0 saturated heterocycles. The van der Waals surface area contributed by atoms with Gasteiger partial charge in [0.05, 0.1) is 29.1 Å². The minimum Gasteiger partial charge on any atom is -0.492 e. The first-order valence-corrected chi connectivity index (χ1v) is 12.3. The van der Waals surface area contributed by atoms with Crippen molar-refractivity contribution < 1.29 is 14.3 Å². The Kier molecular flexibility index (Phi) is 8.12. The summed E-state index contributed by atoms with van der Waals surface area (Å²) in [5.74, 6) is 7.45. The van der Waals surface area contributed by atoms with E-state index in [1.807, 2.05) is 45.0 Å².